The Kier molecular flexibility index (Phi) is 4.64. The molecule has 4 nitrogen and oxygen atoms in total. The zero-order valence-electron chi connectivity index (χ0n) is 9.91. The van der Waals surface area contributed by atoms with Gasteiger partial charge in [0.25, 0.3) is 0 Å². The smallest absolute Gasteiger partial charge is 0.242 e. The molecule has 0 radical (unpaired) electrons. The molecule has 0 aliphatic carbocycles. The van der Waals surface area contributed by atoms with Gasteiger partial charge in [0.05, 0.1) is 7.11 Å². The standard InChI is InChI=1S/C12H18N2O2/c1-4-13-12(15)9(2)14-10-6-5-7-11(8-10)16-3/h5-9,14H,4H2,1-3H3,(H,13,15). The first-order valence-electron chi connectivity index (χ1n) is 5.35. The van der Waals surface area contributed by atoms with Gasteiger partial charge in [0.2, 0.25) is 5.91 Å². The van der Waals surface area contributed by atoms with Crippen LogP contribution in [0.3, 0.4) is 0 Å². The maximum absolute atomic E-state index is 11.5. The monoisotopic (exact) mass is 222 g/mol. The lowest BCUT2D eigenvalue weighted by Crippen LogP contribution is -2.37. The summed E-state index contributed by atoms with van der Waals surface area (Å²) in [7, 11) is 1.62. The minimum Gasteiger partial charge on any atom is -0.497 e. The lowest BCUT2D eigenvalue weighted by molar-refractivity contribution is -0.121. The molecule has 88 valence electrons. The van der Waals surface area contributed by atoms with Crippen molar-refractivity contribution in [3.63, 3.8) is 0 Å². The van der Waals surface area contributed by atoms with Crippen molar-refractivity contribution in [3.05, 3.63) is 24.3 Å². The molecular weight excluding hydrogens is 204 g/mol. The maximum Gasteiger partial charge on any atom is 0.242 e. The molecule has 1 atom stereocenters. The van der Waals surface area contributed by atoms with Crippen LogP contribution in [0.15, 0.2) is 24.3 Å². The number of amides is 1. The van der Waals surface area contributed by atoms with E-state index in [2.05, 4.69) is 10.6 Å². The number of rotatable bonds is 5. The number of likely N-dealkylation sites (N-methyl/N-ethyl adjacent to an activating group) is 1. The lowest BCUT2D eigenvalue weighted by atomic mass is 10.2. The molecule has 1 amide bonds. The third-order valence-corrected chi connectivity index (χ3v) is 2.20. The van der Waals surface area contributed by atoms with Crippen LogP contribution in [0.1, 0.15) is 13.8 Å². The minimum atomic E-state index is -0.257. The molecule has 0 aliphatic heterocycles. The van der Waals surface area contributed by atoms with Crippen molar-refractivity contribution in [2.45, 2.75) is 19.9 Å². The molecule has 0 fully saturated rings. The second-order valence-corrected chi connectivity index (χ2v) is 3.49. The second kappa shape index (κ2) is 6.00. The fraction of sp³-hybridized carbons (Fsp3) is 0.417. The van der Waals surface area contributed by atoms with Crippen LogP contribution >= 0.6 is 0 Å². The van der Waals surface area contributed by atoms with Crippen molar-refractivity contribution in [1.29, 1.82) is 0 Å². The van der Waals surface area contributed by atoms with Crippen LogP contribution in [-0.2, 0) is 4.79 Å². The summed E-state index contributed by atoms with van der Waals surface area (Å²) in [5.41, 5.74) is 0.873. The Morgan fingerprint density at radius 3 is 2.88 bits per heavy atom. The first kappa shape index (κ1) is 12.4. The molecule has 0 spiro atoms. The highest BCUT2D eigenvalue weighted by Gasteiger charge is 2.10. The van der Waals surface area contributed by atoms with Crippen molar-refractivity contribution >= 4 is 11.6 Å². The molecule has 0 aromatic heterocycles. The highest BCUT2D eigenvalue weighted by Crippen LogP contribution is 2.17. The number of anilines is 1. The first-order valence-corrected chi connectivity index (χ1v) is 5.35. The molecule has 1 rings (SSSR count). The summed E-state index contributed by atoms with van der Waals surface area (Å²) in [5.74, 6) is 0.762. The summed E-state index contributed by atoms with van der Waals surface area (Å²) in [6.45, 7) is 4.36. The molecule has 1 aromatic carbocycles. The van der Waals surface area contributed by atoms with Crippen molar-refractivity contribution in [2.75, 3.05) is 19.0 Å². The average molecular weight is 222 g/mol. The Labute approximate surface area is 96.0 Å². The van der Waals surface area contributed by atoms with Gasteiger partial charge < -0.3 is 15.4 Å². The highest BCUT2D eigenvalue weighted by molar-refractivity contribution is 5.84. The summed E-state index contributed by atoms with van der Waals surface area (Å²) in [5, 5.41) is 5.87. The zero-order valence-corrected chi connectivity index (χ0v) is 9.91. The van der Waals surface area contributed by atoms with Crippen molar-refractivity contribution in [2.24, 2.45) is 0 Å². The molecule has 0 bridgehead atoms. The normalized spacial score (nSPS) is 11.7. The zero-order chi connectivity index (χ0) is 12.0. The first-order chi connectivity index (χ1) is 7.67. The molecule has 16 heavy (non-hydrogen) atoms. The van der Waals surface area contributed by atoms with Gasteiger partial charge in [-0.3, -0.25) is 4.79 Å². The van der Waals surface area contributed by atoms with Gasteiger partial charge in [-0.2, -0.15) is 0 Å². The van der Waals surface area contributed by atoms with E-state index in [0.717, 1.165) is 11.4 Å². The van der Waals surface area contributed by atoms with Crippen LogP contribution in [0.2, 0.25) is 0 Å². The van der Waals surface area contributed by atoms with Gasteiger partial charge in [0.15, 0.2) is 0 Å². The molecule has 1 aromatic rings. The summed E-state index contributed by atoms with van der Waals surface area (Å²) >= 11 is 0. The number of ether oxygens (including phenoxy) is 1. The molecule has 0 heterocycles. The van der Waals surface area contributed by atoms with E-state index in [0.29, 0.717) is 6.54 Å². The molecule has 0 saturated carbocycles. The van der Waals surface area contributed by atoms with Crippen LogP contribution in [0.25, 0.3) is 0 Å². The van der Waals surface area contributed by atoms with Crippen molar-refractivity contribution < 1.29 is 9.53 Å². The third-order valence-electron chi connectivity index (χ3n) is 2.20. The molecule has 2 N–H and O–H groups in total. The number of carbonyl (C=O) groups excluding carboxylic acids is 1. The van der Waals surface area contributed by atoms with Gasteiger partial charge >= 0.3 is 0 Å². The van der Waals surface area contributed by atoms with Crippen molar-refractivity contribution in [1.82, 2.24) is 5.32 Å². The van der Waals surface area contributed by atoms with E-state index in [1.165, 1.54) is 0 Å². The molecular formula is C12H18N2O2. The second-order valence-electron chi connectivity index (χ2n) is 3.49. The van der Waals surface area contributed by atoms with Gasteiger partial charge in [-0.05, 0) is 26.0 Å². The van der Waals surface area contributed by atoms with Crippen LogP contribution in [0, 0.1) is 0 Å². The predicted molar refractivity (Wildman–Crippen MR) is 64.8 cm³/mol. The van der Waals surface area contributed by atoms with Crippen LogP contribution in [0.5, 0.6) is 5.75 Å². The van der Waals surface area contributed by atoms with E-state index in [1.54, 1.807) is 7.11 Å². The molecule has 4 heteroatoms. The average Bonchev–Trinajstić information content (AvgIpc) is 2.29. The van der Waals surface area contributed by atoms with Gasteiger partial charge in [-0.1, -0.05) is 6.07 Å². The number of hydrogen-bond acceptors (Lipinski definition) is 3. The van der Waals surface area contributed by atoms with E-state index < -0.39 is 0 Å². The van der Waals surface area contributed by atoms with Crippen molar-refractivity contribution in [3.8, 4) is 5.75 Å². The van der Waals surface area contributed by atoms with Crippen LogP contribution < -0.4 is 15.4 Å². The van der Waals surface area contributed by atoms with E-state index in [4.69, 9.17) is 4.74 Å². The van der Waals surface area contributed by atoms with E-state index in [-0.39, 0.29) is 11.9 Å². The molecule has 0 saturated heterocycles. The largest absolute Gasteiger partial charge is 0.497 e. The third kappa shape index (κ3) is 3.46. The Hall–Kier alpha value is -1.71. The Balaban J connectivity index is 2.61. The fourth-order valence-electron chi connectivity index (χ4n) is 1.36. The van der Waals surface area contributed by atoms with Gasteiger partial charge in [0, 0.05) is 18.3 Å². The Morgan fingerprint density at radius 2 is 2.25 bits per heavy atom. The SMILES string of the molecule is CCNC(=O)C(C)Nc1cccc(OC)c1. The highest BCUT2D eigenvalue weighted by atomic mass is 16.5. The van der Waals surface area contributed by atoms with Crippen LogP contribution in [0.4, 0.5) is 5.69 Å². The summed E-state index contributed by atoms with van der Waals surface area (Å²) in [6, 6.07) is 7.24. The molecule has 1 unspecified atom stereocenters. The number of hydrogen-bond donors (Lipinski definition) is 2. The summed E-state index contributed by atoms with van der Waals surface area (Å²) < 4.78 is 5.10. The minimum absolute atomic E-state index is 0.00896. The van der Waals surface area contributed by atoms with Gasteiger partial charge in [-0.15, -0.1) is 0 Å². The fourth-order valence-corrected chi connectivity index (χ4v) is 1.36. The molecule has 0 aliphatic rings. The number of carbonyl (C=O) groups is 1. The van der Waals surface area contributed by atoms with Gasteiger partial charge in [-0.25, -0.2) is 0 Å². The summed E-state index contributed by atoms with van der Waals surface area (Å²) in [4.78, 5) is 11.5. The van der Waals surface area contributed by atoms with Crippen LogP contribution in [-0.4, -0.2) is 25.6 Å². The topological polar surface area (TPSA) is 50.4 Å². The lowest BCUT2D eigenvalue weighted by Gasteiger charge is -2.15. The predicted octanol–water partition coefficient (Wildman–Crippen LogP) is 1.63. The Morgan fingerprint density at radius 1 is 1.50 bits per heavy atom. The maximum atomic E-state index is 11.5. The number of methoxy groups -OCH3 is 1. The Bertz CT molecular complexity index is 353. The number of nitrogens with one attached hydrogen (secondary N) is 2. The quantitative estimate of drug-likeness (QED) is 0.796. The van der Waals surface area contributed by atoms with E-state index in [9.17, 15) is 4.79 Å². The van der Waals surface area contributed by atoms with Gasteiger partial charge in [0.1, 0.15) is 11.8 Å². The number of benzene rings is 1. The van der Waals surface area contributed by atoms with E-state index >= 15 is 0 Å². The van der Waals surface area contributed by atoms with E-state index in [1.807, 2.05) is 38.1 Å². The summed E-state index contributed by atoms with van der Waals surface area (Å²) in [6.07, 6.45) is 0.